The average Bonchev–Trinajstić information content (AvgIpc) is 3.37. The first-order valence-corrected chi connectivity index (χ1v) is 8.72. The number of rotatable bonds is 7. The minimum absolute atomic E-state index is 0.127. The molecule has 9 nitrogen and oxygen atoms in total. The summed E-state index contributed by atoms with van der Waals surface area (Å²) >= 11 is 0. The highest BCUT2D eigenvalue weighted by molar-refractivity contribution is 5.80. The highest BCUT2D eigenvalue weighted by Gasteiger charge is 2.25. The number of benzene rings is 1. The molecule has 0 aliphatic heterocycles. The van der Waals surface area contributed by atoms with E-state index in [-0.39, 0.29) is 23.5 Å². The van der Waals surface area contributed by atoms with Crippen LogP contribution in [-0.2, 0) is 4.79 Å². The molecule has 28 heavy (non-hydrogen) atoms. The van der Waals surface area contributed by atoms with Gasteiger partial charge in [-0.3, -0.25) is 14.9 Å². The van der Waals surface area contributed by atoms with Crippen LogP contribution in [0.5, 0.6) is 5.88 Å². The van der Waals surface area contributed by atoms with Crippen molar-refractivity contribution >= 4 is 11.6 Å². The Hall–Kier alpha value is -3.62. The molecular formula is C19H21N5O4. The van der Waals surface area contributed by atoms with Crippen LogP contribution in [0.15, 0.2) is 55.0 Å². The van der Waals surface area contributed by atoms with Crippen molar-refractivity contribution in [3.8, 4) is 11.6 Å². The fraction of sp³-hybridized carbons (Fsp3) is 0.263. The van der Waals surface area contributed by atoms with Gasteiger partial charge in [0.2, 0.25) is 5.91 Å². The first-order chi connectivity index (χ1) is 13.4. The first-order valence-electron chi connectivity index (χ1n) is 8.72. The largest absolute Gasteiger partial charge is 0.475 e. The topological polar surface area (TPSA) is 104 Å². The number of hydrogen-bond acceptors (Lipinski definition) is 5. The summed E-state index contributed by atoms with van der Waals surface area (Å²) in [6.45, 7) is 3.49. The Labute approximate surface area is 161 Å². The van der Waals surface area contributed by atoms with Gasteiger partial charge < -0.3 is 14.6 Å². The summed E-state index contributed by atoms with van der Waals surface area (Å²) in [5, 5.41) is 17.9. The first kappa shape index (κ1) is 19.2. The molecule has 1 N–H and O–H groups in total. The standard InChI is InChI=1S/C19H21N5O4/c1-13(15-6-8-16(9-7-15)22-10-4-5-11-22)20-18(25)14(2)23-12-17(24(26)27)19(21-23)28-3/h4-14H,1-3H3,(H,20,25). The van der Waals surface area contributed by atoms with Crippen LogP contribution in [0.1, 0.15) is 31.5 Å². The minimum atomic E-state index is -0.732. The number of nitrogens with zero attached hydrogens (tertiary/aromatic N) is 4. The lowest BCUT2D eigenvalue weighted by Crippen LogP contribution is -2.33. The monoisotopic (exact) mass is 383 g/mol. The molecule has 0 saturated carbocycles. The third kappa shape index (κ3) is 3.88. The van der Waals surface area contributed by atoms with Gasteiger partial charge in [0.1, 0.15) is 12.2 Å². The summed E-state index contributed by atoms with van der Waals surface area (Å²) < 4.78 is 8.13. The smallest absolute Gasteiger partial charge is 0.350 e. The number of aromatic nitrogens is 3. The van der Waals surface area contributed by atoms with Gasteiger partial charge in [0, 0.05) is 18.1 Å². The molecule has 2 heterocycles. The van der Waals surface area contributed by atoms with E-state index in [1.165, 1.54) is 18.0 Å². The maximum Gasteiger partial charge on any atom is 0.350 e. The van der Waals surface area contributed by atoms with Gasteiger partial charge in [-0.1, -0.05) is 12.1 Å². The molecule has 0 fully saturated rings. The lowest BCUT2D eigenvalue weighted by Gasteiger charge is -2.18. The molecule has 3 rings (SSSR count). The van der Waals surface area contributed by atoms with Gasteiger partial charge in [-0.2, -0.15) is 0 Å². The Morgan fingerprint density at radius 3 is 2.39 bits per heavy atom. The maximum atomic E-state index is 12.6. The second-order valence-corrected chi connectivity index (χ2v) is 6.35. The molecule has 0 radical (unpaired) electrons. The molecule has 1 amide bonds. The molecule has 0 bridgehead atoms. The number of nitrogens with one attached hydrogen (secondary N) is 1. The molecule has 2 atom stereocenters. The van der Waals surface area contributed by atoms with E-state index < -0.39 is 11.0 Å². The van der Waals surface area contributed by atoms with E-state index in [0.717, 1.165) is 11.3 Å². The third-order valence-electron chi connectivity index (χ3n) is 4.50. The van der Waals surface area contributed by atoms with E-state index in [0.29, 0.717) is 0 Å². The second-order valence-electron chi connectivity index (χ2n) is 6.35. The van der Waals surface area contributed by atoms with Crippen LogP contribution in [0.3, 0.4) is 0 Å². The van der Waals surface area contributed by atoms with Crippen LogP contribution >= 0.6 is 0 Å². The Balaban J connectivity index is 1.69. The average molecular weight is 383 g/mol. The van der Waals surface area contributed by atoms with Crippen molar-refractivity contribution in [2.24, 2.45) is 0 Å². The molecule has 146 valence electrons. The van der Waals surface area contributed by atoms with E-state index in [1.54, 1.807) is 6.92 Å². The summed E-state index contributed by atoms with van der Waals surface area (Å²) in [5.74, 6) is -0.430. The number of hydrogen-bond donors (Lipinski definition) is 1. The molecule has 0 saturated heterocycles. The molecule has 9 heteroatoms. The van der Waals surface area contributed by atoms with Gasteiger partial charge in [0.05, 0.1) is 18.1 Å². The molecule has 3 aromatic rings. The highest BCUT2D eigenvalue weighted by atomic mass is 16.6. The van der Waals surface area contributed by atoms with Crippen molar-refractivity contribution in [2.45, 2.75) is 25.9 Å². The van der Waals surface area contributed by atoms with E-state index in [4.69, 9.17) is 4.74 Å². The molecular weight excluding hydrogens is 362 g/mol. The highest BCUT2D eigenvalue weighted by Crippen LogP contribution is 2.26. The zero-order valence-corrected chi connectivity index (χ0v) is 15.8. The molecule has 0 aliphatic rings. The van der Waals surface area contributed by atoms with Crippen molar-refractivity contribution < 1.29 is 14.5 Å². The van der Waals surface area contributed by atoms with Gasteiger partial charge >= 0.3 is 11.6 Å². The van der Waals surface area contributed by atoms with E-state index >= 15 is 0 Å². The number of carbonyl (C=O) groups excluding carboxylic acids is 1. The fourth-order valence-electron chi connectivity index (χ4n) is 2.81. The van der Waals surface area contributed by atoms with E-state index in [9.17, 15) is 14.9 Å². The number of methoxy groups -OCH3 is 1. The molecule has 2 unspecified atom stereocenters. The summed E-state index contributed by atoms with van der Waals surface area (Å²) in [6.07, 6.45) is 5.11. The minimum Gasteiger partial charge on any atom is -0.475 e. The van der Waals surface area contributed by atoms with Crippen molar-refractivity contribution in [1.29, 1.82) is 0 Å². The van der Waals surface area contributed by atoms with Gasteiger partial charge in [0.15, 0.2) is 0 Å². The lowest BCUT2D eigenvalue weighted by atomic mass is 10.1. The molecule has 0 aliphatic carbocycles. The number of ether oxygens (including phenoxy) is 1. The van der Waals surface area contributed by atoms with Crippen LogP contribution < -0.4 is 10.1 Å². The Kier molecular flexibility index (Phi) is 5.44. The fourth-order valence-corrected chi connectivity index (χ4v) is 2.81. The normalized spacial score (nSPS) is 13.0. The lowest BCUT2D eigenvalue weighted by molar-refractivity contribution is -0.385. The zero-order chi connectivity index (χ0) is 20.3. The maximum absolute atomic E-state index is 12.6. The Bertz CT molecular complexity index is 963. The van der Waals surface area contributed by atoms with Crippen molar-refractivity contribution in [3.63, 3.8) is 0 Å². The van der Waals surface area contributed by atoms with Crippen LogP contribution in [0, 0.1) is 10.1 Å². The predicted octanol–water partition coefficient (Wildman–Crippen LogP) is 3.03. The number of amides is 1. The van der Waals surface area contributed by atoms with Gasteiger partial charge in [-0.05, 0) is 43.7 Å². The summed E-state index contributed by atoms with van der Waals surface area (Å²) in [7, 11) is 1.30. The van der Waals surface area contributed by atoms with Gasteiger partial charge in [-0.25, -0.2) is 4.68 Å². The van der Waals surface area contributed by atoms with Gasteiger partial charge in [-0.15, -0.1) is 5.10 Å². The molecule has 1 aromatic carbocycles. The van der Waals surface area contributed by atoms with Crippen molar-refractivity contribution in [1.82, 2.24) is 19.7 Å². The van der Waals surface area contributed by atoms with E-state index in [1.807, 2.05) is 60.3 Å². The van der Waals surface area contributed by atoms with Crippen molar-refractivity contribution in [3.05, 3.63) is 70.7 Å². The SMILES string of the molecule is COc1nn(C(C)C(=O)NC(C)c2ccc(-n3cccc3)cc2)cc1[N+](=O)[O-]. The zero-order valence-electron chi connectivity index (χ0n) is 15.8. The summed E-state index contributed by atoms with van der Waals surface area (Å²) in [5.41, 5.74) is 1.69. The number of carbonyl (C=O) groups is 1. The summed E-state index contributed by atoms with van der Waals surface area (Å²) in [6, 6.07) is 10.8. The predicted molar refractivity (Wildman–Crippen MR) is 102 cm³/mol. The van der Waals surface area contributed by atoms with Crippen LogP contribution in [0.2, 0.25) is 0 Å². The van der Waals surface area contributed by atoms with Crippen LogP contribution in [0.25, 0.3) is 5.69 Å². The summed E-state index contributed by atoms with van der Waals surface area (Å²) in [4.78, 5) is 23.0. The van der Waals surface area contributed by atoms with Crippen LogP contribution in [-0.4, -0.2) is 32.3 Å². The van der Waals surface area contributed by atoms with Crippen molar-refractivity contribution in [2.75, 3.05) is 7.11 Å². The van der Waals surface area contributed by atoms with E-state index in [2.05, 4.69) is 10.4 Å². The molecule has 2 aromatic heterocycles. The van der Waals surface area contributed by atoms with Crippen LogP contribution in [0.4, 0.5) is 5.69 Å². The third-order valence-corrected chi connectivity index (χ3v) is 4.50. The quantitative estimate of drug-likeness (QED) is 0.499. The second kappa shape index (κ2) is 7.95. The Morgan fingerprint density at radius 2 is 1.86 bits per heavy atom. The number of nitro groups is 1. The van der Waals surface area contributed by atoms with Gasteiger partial charge in [0.25, 0.3) is 0 Å². The molecule has 0 spiro atoms. The Morgan fingerprint density at radius 1 is 1.21 bits per heavy atom.